The Morgan fingerprint density at radius 3 is 2.39 bits per heavy atom. The molecule has 0 saturated carbocycles. The van der Waals surface area contributed by atoms with E-state index in [-0.39, 0.29) is 40.1 Å². The summed E-state index contributed by atoms with van der Waals surface area (Å²) in [5.74, 6) is -3.01. The summed E-state index contributed by atoms with van der Waals surface area (Å²) < 4.78 is 113. The monoisotopic (exact) mass is 539 g/mol. The molecule has 5 aromatic rings. The maximum Gasteiger partial charge on any atom is 0.417 e. The molecule has 0 fully saturated rings. The van der Waals surface area contributed by atoms with Gasteiger partial charge in [0.15, 0.2) is 11.6 Å². The number of fused-ring (bicyclic) bond motifs is 1. The number of hydrogen-bond donors (Lipinski definition) is 1. The zero-order valence-electron chi connectivity index (χ0n) is 18.9. The van der Waals surface area contributed by atoms with Crippen LogP contribution in [0, 0.1) is 11.6 Å². The van der Waals surface area contributed by atoms with Crippen LogP contribution in [-0.2, 0) is 12.4 Å². The van der Waals surface area contributed by atoms with Gasteiger partial charge in [-0.2, -0.15) is 36.5 Å². The van der Waals surface area contributed by atoms with E-state index in [0.29, 0.717) is 17.6 Å². The average molecular weight is 539 g/mol. The van der Waals surface area contributed by atoms with Gasteiger partial charge in [-0.3, -0.25) is 0 Å². The zero-order valence-corrected chi connectivity index (χ0v) is 18.9. The molecule has 3 aromatic heterocycles. The first-order valence-electron chi connectivity index (χ1n) is 10.8. The van der Waals surface area contributed by atoms with Gasteiger partial charge in [0.2, 0.25) is 0 Å². The van der Waals surface area contributed by atoms with E-state index in [4.69, 9.17) is 4.52 Å². The number of benzene rings is 2. The van der Waals surface area contributed by atoms with Gasteiger partial charge in [0.05, 0.1) is 34.3 Å². The minimum absolute atomic E-state index is 0.0100. The highest BCUT2D eigenvalue weighted by atomic mass is 19.4. The molecule has 0 aliphatic heterocycles. The van der Waals surface area contributed by atoms with Gasteiger partial charge in [-0.15, -0.1) is 0 Å². The molecule has 0 bridgehead atoms. The van der Waals surface area contributed by atoms with E-state index in [1.54, 1.807) is 6.92 Å². The first kappa shape index (κ1) is 25.3. The Hall–Kier alpha value is -4.36. The second-order valence-corrected chi connectivity index (χ2v) is 8.27. The quantitative estimate of drug-likeness (QED) is 0.246. The van der Waals surface area contributed by atoms with Crippen LogP contribution in [0.3, 0.4) is 0 Å². The first-order valence-corrected chi connectivity index (χ1v) is 10.8. The predicted molar refractivity (Wildman–Crippen MR) is 116 cm³/mol. The summed E-state index contributed by atoms with van der Waals surface area (Å²) in [5, 5.41) is 11.5. The van der Waals surface area contributed by atoms with Gasteiger partial charge in [-0.25, -0.2) is 13.8 Å². The molecule has 1 atom stereocenters. The fourth-order valence-corrected chi connectivity index (χ4v) is 3.91. The van der Waals surface area contributed by atoms with Gasteiger partial charge in [-0.1, -0.05) is 17.3 Å². The lowest BCUT2D eigenvalue weighted by atomic mass is 9.98. The molecule has 2 aromatic carbocycles. The second-order valence-electron chi connectivity index (χ2n) is 8.27. The molecule has 0 radical (unpaired) electrons. The minimum atomic E-state index is -5.10. The van der Waals surface area contributed by atoms with Gasteiger partial charge in [0.1, 0.15) is 28.5 Å². The van der Waals surface area contributed by atoms with Crippen LogP contribution in [-0.4, -0.2) is 25.3 Å². The van der Waals surface area contributed by atoms with Gasteiger partial charge < -0.3 is 9.51 Å². The SMILES string of the molecule is CC(c1cc(-c2ccc(C(F)(F)F)cc2C(F)(F)F)no1)c1nncc2[nH]c(-c3cccc(F)c3F)nc12. The Kier molecular flexibility index (Phi) is 5.92. The lowest BCUT2D eigenvalue weighted by Crippen LogP contribution is -2.12. The number of H-pyrrole nitrogens is 1. The highest BCUT2D eigenvalue weighted by molar-refractivity contribution is 5.81. The molecule has 6 nitrogen and oxygen atoms in total. The fraction of sp³-hybridized carbons (Fsp3) is 0.167. The van der Waals surface area contributed by atoms with E-state index in [1.165, 1.54) is 18.3 Å². The van der Waals surface area contributed by atoms with E-state index < -0.39 is 46.6 Å². The molecular formula is C24H13F8N5O. The summed E-state index contributed by atoms with van der Waals surface area (Å²) in [6.45, 7) is 1.56. The van der Waals surface area contributed by atoms with Crippen LogP contribution in [0.1, 0.15) is 35.4 Å². The third-order valence-corrected chi connectivity index (χ3v) is 5.83. The Labute approximate surface area is 207 Å². The number of aromatic amines is 1. The molecule has 0 saturated heterocycles. The van der Waals surface area contributed by atoms with Crippen molar-refractivity contribution in [2.45, 2.75) is 25.2 Å². The molecule has 5 rings (SSSR count). The van der Waals surface area contributed by atoms with Gasteiger partial charge in [0, 0.05) is 11.6 Å². The normalized spacial score (nSPS) is 13.3. The number of imidazole rings is 1. The second kappa shape index (κ2) is 8.89. The van der Waals surface area contributed by atoms with E-state index >= 15 is 0 Å². The molecular weight excluding hydrogens is 526 g/mol. The van der Waals surface area contributed by atoms with E-state index in [2.05, 4.69) is 25.3 Å². The highest BCUT2D eigenvalue weighted by Gasteiger charge is 2.39. The number of hydrogen-bond acceptors (Lipinski definition) is 5. The van der Waals surface area contributed by atoms with Crippen LogP contribution < -0.4 is 0 Å². The Morgan fingerprint density at radius 1 is 0.921 bits per heavy atom. The van der Waals surface area contributed by atoms with Crippen LogP contribution in [0.15, 0.2) is 53.2 Å². The molecule has 0 amide bonds. The Bertz CT molecular complexity index is 1650. The van der Waals surface area contributed by atoms with Crippen molar-refractivity contribution in [3.63, 3.8) is 0 Å². The maximum absolute atomic E-state index is 14.3. The number of rotatable bonds is 4. The van der Waals surface area contributed by atoms with Crippen molar-refractivity contribution in [1.82, 2.24) is 25.3 Å². The van der Waals surface area contributed by atoms with Crippen LogP contribution in [0.2, 0.25) is 0 Å². The predicted octanol–water partition coefficient (Wildman–Crippen LogP) is 7.14. The van der Waals surface area contributed by atoms with Crippen molar-refractivity contribution in [1.29, 1.82) is 0 Å². The lowest BCUT2D eigenvalue weighted by Gasteiger charge is -2.14. The molecule has 38 heavy (non-hydrogen) atoms. The van der Waals surface area contributed by atoms with E-state index in [9.17, 15) is 35.1 Å². The molecule has 0 aliphatic rings. The van der Waals surface area contributed by atoms with Crippen LogP contribution in [0.4, 0.5) is 35.1 Å². The average Bonchev–Trinajstić information content (AvgIpc) is 3.51. The number of halogens is 8. The summed E-state index contributed by atoms with van der Waals surface area (Å²) in [6, 6.07) is 5.90. The summed E-state index contributed by atoms with van der Waals surface area (Å²) >= 11 is 0. The molecule has 14 heteroatoms. The molecule has 196 valence electrons. The molecule has 3 heterocycles. The van der Waals surface area contributed by atoms with Crippen molar-refractivity contribution in [2.24, 2.45) is 0 Å². The van der Waals surface area contributed by atoms with E-state index in [1.807, 2.05) is 0 Å². The van der Waals surface area contributed by atoms with Crippen molar-refractivity contribution in [2.75, 3.05) is 0 Å². The summed E-state index contributed by atoms with van der Waals surface area (Å²) in [5.41, 5.74) is -3.42. The Morgan fingerprint density at radius 2 is 1.68 bits per heavy atom. The van der Waals surface area contributed by atoms with Gasteiger partial charge in [-0.05, 0) is 31.2 Å². The zero-order chi connectivity index (χ0) is 27.4. The molecule has 0 spiro atoms. The summed E-state index contributed by atoms with van der Waals surface area (Å²) in [6.07, 6.45) is -8.78. The van der Waals surface area contributed by atoms with Crippen molar-refractivity contribution >= 4 is 11.0 Å². The van der Waals surface area contributed by atoms with Gasteiger partial charge >= 0.3 is 12.4 Å². The Balaban J connectivity index is 1.54. The number of alkyl halides is 6. The van der Waals surface area contributed by atoms with Crippen molar-refractivity contribution < 1.29 is 39.6 Å². The smallest absolute Gasteiger partial charge is 0.360 e. The minimum Gasteiger partial charge on any atom is -0.360 e. The molecule has 0 aliphatic carbocycles. The third kappa shape index (κ3) is 4.46. The molecule has 1 N–H and O–H groups in total. The van der Waals surface area contributed by atoms with Crippen molar-refractivity contribution in [3.8, 4) is 22.6 Å². The van der Waals surface area contributed by atoms with Crippen LogP contribution in [0.25, 0.3) is 33.7 Å². The summed E-state index contributed by atoms with van der Waals surface area (Å²) in [7, 11) is 0. The van der Waals surface area contributed by atoms with E-state index in [0.717, 1.165) is 12.1 Å². The largest absolute Gasteiger partial charge is 0.417 e. The van der Waals surface area contributed by atoms with Gasteiger partial charge in [0.25, 0.3) is 0 Å². The van der Waals surface area contributed by atoms with Crippen LogP contribution in [0.5, 0.6) is 0 Å². The van der Waals surface area contributed by atoms with Crippen molar-refractivity contribution in [3.05, 3.63) is 82.9 Å². The lowest BCUT2D eigenvalue weighted by molar-refractivity contribution is -0.142. The highest BCUT2D eigenvalue weighted by Crippen LogP contribution is 2.41. The number of nitrogens with zero attached hydrogens (tertiary/aromatic N) is 4. The van der Waals surface area contributed by atoms with Crippen LogP contribution >= 0.6 is 0 Å². The fourth-order valence-electron chi connectivity index (χ4n) is 3.91. The third-order valence-electron chi connectivity index (χ3n) is 5.83. The topological polar surface area (TPSA) is 80.5 Å². The standard InChI is InChI=1S/C24H13F8N5O/c1-10(20-21-17(9-33-36-20)34-22(35-21)13-3-2-4-15(25)19(13)26)18-8-16(37-38-18)12-6-5-11(23(27,28)29)7-14(12)24(30,31)32/h2-10H,1H3,(H,34,35). The first-order chi connectivity index (χ1) is 17.8. The maximum atomic E-state index is 14.3. The number of aromatic nitrogens is 5. The summed E-state index contributed by atoms with van der Waals surface area (Å²) in [4.78, 5) is 7.11. The number of nitrogens with one attached hydrogen (secondary N) is 1. The molecule has 1 unspecified atom stereocenters.